The lowest BCUT2D eigenvalue weighted by Crippen LogP contribution is -2.28. The Morgan fingerprint density at radius 3 is 2.05 bits per heavy atom. The first-order chi connectivity index (χ1) is 10.4. The van der Waals surface area contributed by atoms with Crippen LogP contribution in [0.4, 0.5) is 0 Å². The number of hydrogen-bond acceptors (Lipinski definition) is 5. The van der Waals surface area contributed by atoms with Gasteiger partial charge < -0.3 is 23.7 Å². The predicted molar refractivity (Wildman–Crippen MR) is 85.3 cm³/mol. The quantitative estimate of drug-likeness (QED) is 0.831. The molecule has 0 amide bonds. The maximum atomic E-state index is 6.08. The van der Waals surface area contributed by atoms with Crippen LogP contribution in [0.15, 0.2) is 6.08 Å². The maximum Gasteiger partial charge on any atom is 0.204 e. The summed E-state index contributed by atoms with van der Waals surface area (Å²) in [6.45, 7) is 5.90. The molecule has 5 heteroatoms. The zero-order valence-electron chi connectivity index (χ0n) is 14.3. The van der Waals surface area contributed by atoms with E-state index in [2.05, 4.69) is 0 Å². The van der Waals surface area contributed by atoms with Gasteiger partial charge in [-0.25, -0.2) is 0 Å². The molecule has 0 saturated heterocycles. The first-order valence-electron chi connectivity index (χ1n) is 7.17. The van der Waals surface area contributed by atoms with E-state index in [4.69, 9.17) is 23.7 Å². The van der Waals surface area contributed by atoms with Gasteiger partial charge in [0.25, 0.3) is 0 Å². The molecule has 0 aliphatic carbocycles. The van der Waals surface area contributed by atoms with Gasteiger partial charge in [0.05, 0.1) is 38.6 Å². The topological polar surface area (TPSA) is 46.2 Å². The second-order valence-corrected chi connectivity index (χ2v) is 5.67. The van der Waals surface area contributed by atoms with Gasteiger partial charge in [-0.3, -0.25) is 0 Å². The predicted octanol–water partition coefficient (Wildman–Crippen LogP) is 3.60. The van der Waals surface area contributed by atoms with E-state index in [1.54, 1.807) is 28.4 Å². The Labute approximate surface area is 131 Å². The average molecular weight is 308 g/mol. The van der Waals surface area contributed by atoms with Crippen molar-refractivity contribution in [3.05, 3.63) is 17.2 Å². The van der Waals surface area contributed by atoms with Gasteiger partial charge >= 0.3 is 0 Å². The van der Waals surface area contributed by atoms with Crippen molar-refractivity contribution in [1.82, 2.24) is 0 Å². The third kappa shape index (κ3) is 2.61. The van der Waals surface area contributed by atoms with Crippen LogP contribution in [0.2, 0.25) is 0 Å². The van der Waals surface area contributed by atoms with E-state index in [-0.39, 0.29) is 6.10 Å². The molecule has 1 aliphatic rings. The number of rotatable bonds is 5. The lowest BCUT2D eigenvalue weighted by atomic mass is 9.96. The SMILES string of the molecule is COc1c2c(c(OC)c(C(C)OC)c1OC)C=CC(C)(C)O2. The third-order valence-electron chi connectivity index (χ3n) is 3.78. The van der Waals surface area contributed by atoms with E-state index < -0.39 is 5.60 Å². The van der Waals surface area contributed by atoms with Gasteiger partial charge in [-0.2, -0.15) is 0 Å². The van der Waals surface area contributed by atoms with Crippen molar-refractivity contribution >= 4 is 6.08 Å². The van der Waals surface area contributed by atoms with Crippen molar-refractivity contribution in [2.45, 2.75) is 32.5 Å². The molecule has 1 heterocycles. The van der Waals surface area contributed by atoms with Crippen LogP contribution in [0.5, 0.6) is 23.0 Å². The smallest absolute Gasteiger partial charge is 0.204 e. The van der Waals surface area contributed by atoms with Gasteiger partial charge in [-0.15, -0.1) is 0 Å². The highest BCUT2D eigenvalue weighted by Crippen LogP contribution is 2.54. The summed E-state index contributed by atoms with van der Waals surface area (Å²) in [5.41, 5.74) is 1.21. The van der Waals surface area contributed by atoms with E-state index in [1.807, 2.05) is 32.9 Å². The van der Waals surface area contributed by atoms with Crippen molar-refractivity contribution in [1.29, 1.82) is 0 Å². The first-order valence-corrected chi connectivity index (χ1v) is 7.17. The molecule has 0 bridgehead atoms. The van der Waals surface area contributed by atoms with Crippen molar-refractivity contribution in [2.24, 2.45) is 0 Å². The van der Waals surface area contributed by atoms with Gasteiger partial charge in [0.1, 0.15) is 11.4 Å². The number of benzene rings is 1. The second kappa shape index (κ2) is 6.08. The molecule has 0 spiro atoms. The zero-order chi connectivity index (χ0) is 16.5. The van der Waals surface area contributed by atoms with E-state index in [9.17, 15) is 0 Å². The Hall–Kier alpha value is -1.88. The number of ether oxygens (including phenoxy) is 5. The van der Waals surface area contributed by atoms with Gasteiger partial charge in [0.15, 0.2) is 11.5 Å². The van der Waals surface area contributed by atoms with Crippen LogP contribution >= 0.6 is 0 Å². The van der Waals surface area contributed by atoms with Crippen LogP contribution in [-0.2, 0) is 4.74 Å². The minimum Gasteiger partial charge on any atom is -0.495 e. The standard InChI is InChI=1S/C17H24O5/c1-10(18-4)12-13(19-5)11-8-9-17(2,3)22-14(11)16(21-7)15(12)20-6/h8-10H,1-7H3. The molecule has 0 radical (unpaired) electrons. The van der Waals surface area contributed by atoms with Gasteiger partial charge in [0.2, 0.25) is 5.75 Å². The number of fused-ring (bicyclic) bond motifs is 1. The van der Waals surface area contributed by atoms with Crippen LogP contribution in [0.3, 0.4) is 0 Å². The van der Waals surface area contributed by atoms with Crippen LogP contribution in [0, 0.1) is 0 Å². The second-order valence-electron chi connectivity index (χ2n) is 5.67. The molecule has 22 heavy (non-hydrogen) atoms. The fourth-order valence-corrected chi connectivity index (χ4v) is 2.63. The van der Waals surface area contributed by atoms with Crippen LogP contribution < -0.4 is 18.9 Å². The summed E-state index contributed by atoms with van der Waals surface area (Å²) in [4.78, 5) is 0. The van der Waals surface area contributed by atoms with Gasteiger partial charge in [-0.05, 0) is 32.9 Å². The summed E-state index contributed by atoms with van der Waals surface area (Å²) in [6.07, 6.45) is 3.77. The maximum absolute atomic E-state index is 6.08. The molecular formula is C17H24O5. The minimum absolute atomic E-state index is 0.215. The van der Waals surface area contributed by atoms with Crippen molar-refractivity contribution in [3.8, 4) is 23.0 Å². The van der Waals surface area contributed by atoms with Crippen LogP contribution in [0.1, 0.15) is 38.0 Å². The van der Waals surface area contributed by atoms with E-state index >= 15 is 0 Å². The summed E-state index contributed by atoms with van der Waals surface area (Å²) < 4.78 is 28.3. The molecule has 122 valence electrons. The Morgan fingerprint density at radius 1 is 0.955 bits per heavy atom. The third-order valence-corrected chi connectivity index (χ3v) is 3.78. The summed E-state index contributed by atoms with van der Waals surface area (Å²) in [6, 6.07) is 0. The average Bonchev–Trinajstić information content (AvgIpc) is 2.50. The van der Waals surface area contributed by atoms with Crippen molar-refractivity contribution in [3.63, 3.8) is 0 Å². The molecule has 2 rings (SSSR count). The minimum atomic E-state index is -0.426. The summed E-state index contributed by atoms with van der Waals surface area (Å²) in [7, 11) is 6.46. The first kappa shape index (κ1) is 16.5. The summed E-state index contributed by atoms with van der Waals surface area (Å²) in [5.74, 6) is 2.41. The fourth-order valence-electron chi connectivity index (χ4n) is 2.63. The molecular weight excluding hydrogens is 284 g/mol. The molecule has 5 nitrogen and oxygen atoms in total. The lowest BCUT2D eigenvalue weighted by molar-refractivity contribution is 0.112. The monoisotopic (exact) mass is 308 g/mol. The van der Waals surface area contributed by atoms with Crippen LogP contribution in [-0.4, -0.2) is 34.0 Å². The molecule has 0 fully saturated rings. The molecule has 0 aromatic heterocycles. The number of methoxy groups -OCH3 is 4. The number of hydrogen-bond donors (Lipinski definition) is 0. The molecule has 1 aromatic rings. The van der Waals surface area contributed by atoms with Crippen LogP contribution in [0.25, 0.3) is 6.08 Å². The molecule has 1 aromatic carbocycles. The normalized spacial score (nSPS) is 16.5. The zero-order valence-corrected chi connectivity index (χ0v) is 14.3. The molecule has 0 saturated carbocycles. The Kier molecular flexibility index (Phi) is 4.56. The Morgan fingerprint density at radius 2 is 1.55 bits per heavy atom. The molecule has 1 unspecified atom stereocenters. The highest BCUT2D eigenvalue weighted by molar-refractivity contribution is 5.77. The van der Waals surface area contributed by atoms with Gasteiger partial charge in [-0.1, -0.05) is 0 Å². The molecule has 1 aliphatic heterocycles. The molecule has 0 N–H and O–H groups in total. The van der Waals surface area contributed by atoms with E-state index in [0.717, 1.165) is 11.1 Å². The fraction of sp³-hybridized carbons (Fsp3) is 0.529. The lowest BCUT2D eigenvalue weighted by Gasteiger charge is -2.32. The van der Waals surface area contributed by atoms with E-state index in [1.165, 1.54) is 0 Å². The Balaban J connectivity index is 2.83. The summed E-state index contributed by atoms with van der Waals surface area (Å²) >= 11 is 0. The van der Waals surface area contributed by atoms with Crippen molar-refractivity contribution in [2.75, 3.05) is 28.4 Å². The Bertz CT molecular complexity index is 589. The summed E-state index contributed by atoms with van der Waals surface area (Å²) in [5, 5.41) is 0. The largest absolute Gasteiger partial charge is 0.495 e. The van der Waals surface area contributed by atoms with Gasteiger partial charge in [0, 0.05) is 7.11 Å². The van der Waals surface area contributed by atoms with Crippen molar-refractivity contribution < 1.29 is 23.7 Å². The highest BCUT2D eigenvalue weighted by atomic mass is 16.5. The van der Waals surface area contributed by atoms with E-state index in [0.29, 0.717) is 23.0 Å². The molecule has 1 atom stereocenters. The highest BCUT2D eigenvalue weighted by Gasteiger charge is 2.34.